The fourth-order valence-electron chi connectivity index (χ4n) is 4.04. The second kappa shape index (κ2) is 7.70. The van der Waals surface area contributed by atoms with Crippen molar-refractivity contribution in [2.75, 3.05) is 18.0 Å². The van der Waals surface area contributed by atoms with Crippen LogP contribution in [0.4, 0.5) is 10.1 Å². The summed E-state index contributed by atoms with van der Waals surface area (Å²) in [5, 5.41) is 3.59. The first-order valence-electron chi connectivity index (χ1n) is 9.89. The number of carbonyl (C=O) groups excluding carboxylic acids is 2. The van der Waals surface area contributed by atoms with Crippen molar-refractivity contribution in [3.05, 3.63) is 65.6 Å². The molecule has 0 radical (unpaired) electrons. The van der Waals surface area contributed by atoms with Gasteiger partial charge in [0.1, 0.15) is 11.5 Å². The van der Waals surface area contributed by atoms with Gasteiger partial charge in [-0.15, -0.1) is 0 Å². The summed E-state index contributed by atoms with van der Waals surface area (Å²) in [5.74, 6) is -0.542. The lowest BCUT2D eigenvalue weighted by Crippen LogP contribution is -2.32. The van der Waals surface area contributed by atoms with Crippen LogP contribution in [0.1, 0.15) is 41.7 Å². The molecule has 6 heteroatoms. The van der Waals surface area contributed by atoms with E-state index in [0.29, 0.717) is 36.3 Å². The standard InChI is InChI=1S/C23H24FN3O2/c1-15(16-7-4-3-5-8-16)14-25-23(29)22-21(27-12-6-9-20(27)28)18-13-17(24)10-11-19(18)26(22)2/h3-5,7-8,10-11,13,15H,6,9,12,14H2,1-2H3,(H,25,29)/t15-/m0/s1. The van der Waals surface area contributed by atoms with E-state index < -0.39 is 0 Å². The number of hydrogen-bond donors (Lipinski definition) is 1. The molecule has 0 aliphatic carbocycles. The molecule has 1 saturated heterocycles. The normalized spacial score (nSPS) is 15.1. The van der Waals surface area contributed by atoms with E-state index in [2.05, 4.69) is 12.2 Å². The van der Waals surface area contributed by atoms with Crippen molar-refractivity contribution in [2.45, 2.75) is 25.7 Å². The minimum Gasteiger partial charge on any atom is -0.350 e. The Morgan fingerprint density at radius 1 is 1.21 bits per heavy atom. The van der Waals surface area contributed by atoms with Gasteiger partial charge in [0, 0.05) is 31.9 Å². The molecule has 0 saturated carbocycles. The first-order chi connectivity index (χ1) is 14.0. The van der Waals surface area contributed by atoms with Crippen molar-refractivity contribution in [3.8, 4) is 0 Å². The first kappa shape index (κ1) is 19.2. The second-order valence-corrected chi connectivity index (χ2v) is 7.59. The van der Waals surface area contributed by atoms with Gasteiger partial charge in [0.2, 0.25) is 5.91 Å². The molecular formula is C23H24FN3O2. The molecule has 0 bridgehead atoms. The van der Waals surface area contributed by atoms with Gasteiger partial charge in [-0.1, -0.05) is 37.3 Å². The van der Waals surface area contributed by atoms with Crippen molar-refractivity contribution in [2.24, 2.45) is 7.05 Å². The maximum absolute atomic E-state index is 14.0. The van der Waals surface area contributed by atoms with Gasteiger partial charge in [0.15, 0.2) is 0 Å². The van der Waals surface area contributed by atoms with Crippen LogP contribution in [0.25, 0.3) is 10.9 Å². The van der Waals surface area contributed by atoms with E-state index in [1.807, 2.05) is 30.3 Å². The quantitative estimate of drug-likeness (QED) is 0.713. The number of rotatable bonds is 5. The van der Waals surface area contributed by atoms with Crippen molar-refractivity contribution >= 4 is 28.4 Å². The van der Waals surface area contributed by atoms with Gasteiger partial charge in [-0.25, -0.2) is 4.39 Å². The number of nitrogens with zero attached hydrogens (tertiary/aromatic N) is 2. The van der Waals surface area contributed by atoms with Crippen LogP contribution < -0.4 is 10.2 Å². The van der Waals surface area contributed by atoms with Crippen LogP contribution in [-0.4, -0.2) is 29.5 Å². The molecule has 29 heavy (non-hydrogen) atoms. The number of aromatic nitrogens is 1. The molecule has 150 valence electrons. The third-order valence-corrected chi connectivity index (χ3v) is 5.63. The highest BCUT2D eigenvalue weighted by Crippen LogP contribution is 2.36. The van der Waals surface area contributed by atoms with Gasteiger partial charge in [-0.05, 0) is 36.1 Å². The lowest BCUT2D eigenvalue weighted by molar-refractivity contribution is -0.117. The third kappa shape index (κ3) is 3.50. The molecule has 2 aromatic carbocycles. The lowest BCUT2D eigenvalue weighted by Gasteiger charge is -2.19. The van der Waals surface area contributed by atoms with Crippen LogP contribution in [0.15, 0.2) is 48.5 Å². The Labute approximate surface area is 169 Å². The Balaban J connectivity index is 1.69. The fourth-order valence-corrected chi connectivity index (χ4v) is 4.04. The first-order valence-corrected chi connectivity index (χ1v) is 9.89. The van der Waals surface area contributed by atoms with Crippen molar-refractivity contribution in [1.29, 1.82) is 0 Å². The van der Waals surface area contributed by atoms with E-state index in [4.69, 9.17) is 0 Å². The molecule has 1 atom stereocenters. The van der Waals surface area contributed by atoms with Crippen LogP contribution in [0.3, 0.4) is 0 Å². The van der Waals surface area contributed by atoms with Crippen molar-refractivity contribution in [1.82, 2.24) is 9.88 Å². The summed E-state index contributed by atoms with van der Waals surface area (Å²) in [4.78, 5) is 27.2. The Kier molecular flexibility index (Phi) is 5.09. The van der Waals surface area contributed by atoms with Gasteiger partial charge >= 0.3 is 0 Å². The highest BCUT2D eigenvalue weighted by molar-refractivity contribution is 6.14. The molecule has 1 aliphatic rings. The van der Waals surface area contributed by atoms with Crippen molar-refractivity contribution < 1.29 is 14.0 Å². The minimum atomic E-state index is -0.388. The number of anilines is 1. The van der Waals surface area contributed by atoms with E-state index in [9.17, 15) is 14.0 Å². The fraction of sp³-hybridized carbons (Fsp3) is 0.304. The zero-order valence-electron chi connectivity index (χ0n) is 16.6. The predicted octanol–water partition coefficient (Wildman–Crippen LogP) is 3.98. The largest absolute Gasteiger partial charge is 0.350 e. The zero-order chi connectivity index (χ0) is 20.5. The number of amides is 2. The highest BCUT2D eigenvalue weighted by atomic mass is 19.1. The molecule has 1 aromatic heterocycles. The molecule has 1 aliphatic heterocycles. The number of nitrogens with one attached hydrogen (secondary N) is 1. The summed E-state index contributed by atoms with van der Waals surface area (Å²) in [5.41, 5.74) is 2.76. The summed E-state index contributed by atoms with van der Waals surface area (Å²) in [7, 11) is 1.78. The second-order valence-electron chi connectivity index (χ2n) is 7.59. The molecule has 0 spiro atoms. The van der Waals surface area contributed by atoms with Crippen molar-refractivity contribution in [3.63, 3.8) is 0 Å². The Morgan fingerprint density at radius 2 is 1.97 bits per heavy atom. The van der Waals surface area contributed by atoms with Crippen LogP contribution in [0.2, 0.25) is 0 Å². The maximum atomic E-state index is 14.0. The topological polar surface area (TPSA) is 54.3 Å². The van der Waals surface area contributed by atoms with E-state index in [-0.39, 0.29) is 23.5 Å². The summed E-state index contributed by atoms with van der Waals surface area (Å²) < 4.78 is 15.7. The molecule has 1 fully saturated rings. The van der Waals surface area contributed by atoms with Gasteiger partial charge in [0.05, 0.1) is 11.2 Å². The molecule has 2 amide bonds. The molecule has 3 aromatic rings. The van der Waals surface area contributed by atoms with Crippen LogP contribution in [-0.2, 0) is 11.8 Å². The SMILES string of the molecule is C[C@@H](CNC(=O)c1c(N2CCCC2=O)c2cc(F)ccc2n1C)c1ccccc1. The monoisotopic (exact) mass is 393 g/mol. The third-order valence-electron chi connectivity index (χ3n) is 5.63. The number of aryl methyl sites for hydroxylation is 1. The number of benzene rings is 2. The summed E-state index contributed by atoms with van der Waals surface area (Å²) >= 11 is 0. The number of carbonyl (C=O) groups is 2. The Morgan fingerprint density at radius 3 is 2.66 bits per heavy atom. The van der Waals surface area contributed by atoms with Gasteiger partial charge < -0.3 is 14.8 Å². The zero-order valence-corrected chi connectivity index (χ0v) is 16.6. The minimum absolute atomic E-state index is 0.0338. The van der Waals surface area contributed by atoms with Crippen LogP contribution in [0, 0.1) is 5.82 Å². The van der Waals surface area contributed by atoms with Gasteiger partial charge in [-0.2, -0.15) is 0 Å². The van der Waals surface area contributed by atoms with Crippen LogP contribution >= 0.6 is 0 Å². The van der Waals surface area contributed by atoms with E-state index in [1.165, 1.54) is 12.1 Å². The molecule has 5 nitrogen and oxygen atoms in total. The molecule has 1 N–H and O–H groups in total. The summed E-state index contributed by atoms with van der Waals surface area (Å²) in [6.07, 6.45) is 1.18. The van der Waals surface area contributed by atoms with E-state index in [1.54, 1.807) is 22.6 Å². The highest BCUT2D eigenvalue weighted by Gasteiger charge is 2.31. The average molecular weight is 393 g/mol. The maximum Gasteiger partial charge on any atom is 0.270 e. The Bertz CT molecular complexity index is 1070. The predicted molar refractivity (Wildman–Crippen MR) is 112 cm³/mol. The van der Waals surface area contributed by atoms with Gasteiger partial charge in [-0.3, -0.25) is 9.59 Å². The average Bonchev–Trinajstić information content (AvgIpc) is 3.26. The number of halogens is 1. The summed E-state index contributed by atoms with van der Waals surface area (Å²) in [6, 6.07) is 14.4. The smallest absolute Gasteiger partial charge is 0.270 e. The van der Waals surface area contributed by atoms with Crippen LogP contribution in [0.5, 0.6) is 0 Å². The Hall–Kier alpha value is -3.15. The molecule has 0 unspecified atom stereocenters. The van der Waals surface area contributed by atoms with E-state index in [0.717, 1.165) is 17.5 Å². The lowest BCUT2D eigenvalue weighted by atomic mass is 10.0. The van der Waals surface area contributed by atoms with E-state index >= 15 is 0 Å². The number of fused-ring (bicyclic) bond motifs is 1. The number of hydrogen-bond acceptors (Lipinski definition) is 2. The summed E-state index contributed by atoms with van der Waals surface area (Å²) in [6.45, 7) is 3.05. The molecular weight excluding hydrogens is 369 g/mol. The van der Waals surface area contributed by atoms with Gasteiger partial charge in [0.25, 0.3) is 5.91 Å². The molecule has 2 heterocycles. The molecule has 4 rings (SSSR count).